The lowest BCUT2D eigenvalue weighted by atomic mass is 10.0. The highest BCUT2D eigenvalue weighted by Crippen LogP contribution is 2.19. The Balaban J connectivity index is 2.40. The normalized spacial score (nSPS) is 36.0. The minimum Gasteiger partial charge on any atom is -0.390 e. The van der Waals surface area contributed by atoms with E-state index in [0.717, 1.165) is 13.0 Å². The minimum absolute atomic E-state index is 0.0880. The molecule has 1 aliphatic heterocycles. The van der Waals surface area contributed by atoms with Crippen molar-refractivity contribution in [3.05, 3.63) is 0 Å². The Morgan fingerprint density at radius 2 is 2.22 bits per heavy atom. The molecule has 9 heavy (non-hydrogen) atoms. The van der Waals surface area contributed by atoms with Crippen LogP contribution in [-0.2, 0) is 4.74 Å². The standard InChI is InChI=1S/C7H14O2/c1-5(2)7-6(8)3-4-9-7/h5-8H,3-4H2,1-2H3. The number of aliphatic hydroxyl groups excluding tert-OH is 1. The predicted molar refractivity (Wildman–Crippen MR) is 35.2 cm³/mol. The smallest absolute Gasteiger partial charge is 0.0857 e. The van der Waals surface area contributed by atoms with Crippen LogP contribution < -0.4 is 0 Å². The van der Waals surface area contributed by atoms with Crippen LogP contribution in [0.3, 0.4) is 0 Å². The summed E-state index contributed by atoms with van der Waals surface area (Å²) in [6.45, 7) is 4.86. The summed E-state index contributed by atoms with van der Waals surface area (Å²) in [6, 6.07) is 0. The third-order valence-electron chi connectivity index (χ3n) is 1.76. The molecule has 0 amide bonds. The molecule has 0 saturated carbocycles. The number of aliphatic hydroxyl groups is 1. The second-order valence-electron chi connectivity index (χ2n) is 2.94. The van der Waals surface area contributed by atoms with Gasteiger partial charge in [0.05, 0.1) is 12.2 Å². The average Bonchev–Trinajstić information content (AvgIpc) is 2.13. The summed E-state index contributed by atoms with van der Waals surface area (Å²) in [5.41, 5.74) is 0. The Morgan fingerprint density at radius 3 is 2.44 bits per heavy atom. The summed E-state index contributed by atoms with van der Waals surface area (Å²) >= 11 is 0. The van der Waals surface area contributed by atoms with Crippen molar-refractivity contribution < 1.29 is 9.84 Å². The first kappa shape index (κ1) is 7.03. The van der Waals surface area contributed by atoms with Crippen molar-refractivity contribution in [3.8, 4) is 0 Å². The highest BCUT2D eigenvalue weighted by atomic mass is 16.5. The zero-order valence-electron chi connectivity index (χ0n) is 6.00. The van der Waals surface area contributed by atoms with Crippen molar-refractivity contribution >= 4 is 0 Å². The highest BCUT2D eigenvalue weighted by Gasteiger charge is 2.28. The fourth-order valence-corrected chi connectivity index (χ4v) is 1.24. The Hall–Kier alpha value is -0.0800. The lowest BCUT2D eigenvalue weighted by Gasteiger charge is -2.16. The van der Waals surface area contributed by atoms with E-state index in [9.17, 15) is 5.11 Å². The second kappa shape index (κ2) is 2.67. The van der Waals surface area contributed by atoms with E-state index in [0.29, 0.717) is 5.92 Å². The molecule has 0 spiro atoms. The number of hydrogen-bond acceptors (Lipinski definition) is 2. The van der Waals surface area contributed by atoms with Gasteiger partial charge < -0.3 is 9.84 Å². The van der Waals surface area contributed by atoms with Crippen molar-refractivity contribution in [2.75, 3.05) is 6.61 Å². The molecule has 0 bridgehead atoms. The molecule has 1 aliphatic rings. The molecule has 0 aromatic rings. The molecule has 1 rings (SSSR count). The maximum Gasteiger partial charge on any atom is 0.0857 e. The number of ether oxygens (including phenoxy) is 1. The molecule has 1 heterocycles. The van der Waals surface area contributed by atoms with Crippen LogP contribution in [0.1, 0.15) is 20.3 Å². The third-order valence-corrected chi connectivity index (χ3v) is 1.76. The Kier molecular flexibility index (Phi) is 2.09. The number of rotatable bonds is 1. The third kappa shape index (κ3) is 1.43. The molecule has 2 nitrogen and oxygen atoms in total. The van der Waals surface area contributed by atoms with Gasteiger partial charge in [0.2, 0.25) is 0 Å². The summed E-state index contributed by atoms with van der Waals surface area (Å²) in [7, 11) is 0. The van der Waals surface area contributed by atoms with Crippen molar-refractivity contribution in [1.29, 1.82) is 0 Å². The van der Waals surface area contributed by atoms with Crippen LogP contribution >= 0.6 is 0 Å². The van der Waals surface area contributed by atoms with E-state index < -0.39 is 0 Å². The lowest BCUT2D eigenvalue weighted by molar-refractivity contribution is 0.0122. The Morgan fingerprint density at radius 1 is 1.56 bits per heavy atom. The average molecular weight is 130 g/mol. The summed E-state index contributed by atoms with van der Waals surface area (Å²) in [4.78, 5) is 0. The molecule has 0 radical (unpaired) electrons. The Bertz CT molecular complexity index is 90.9. The van der Waals surface area contributed by atoms with Gasteiger partial charge in [0.15, 0.2) is 0 Å². The van der Waals surface area contributed by atoms with E-state index in [4.69, 9.17) is 4.74 Å². The van der Waals surface area contributed by atoms with E-state index in [1.54, 1.807) is 0 Å². The molecule has 2 unspecified atom stereocenters. The van der Waals surface area contributed by atoms with Crippen LogP contribution in [0, 0.1) is 5.92 Å². The maximum absolute atomic E-state index is 9.23. The molecule has 54 valence electrons. The van der Waals surface area contributed by atoms with Gasteiger partial charge in [-0.25, -0.2) is 0 Å². The second-order valence-corrected chi connectivity index (χ2v) is 2.94. The first-order valence-corrected chi connectivity index (χ1v) is 3.51. The minimum atomic E-state index is -0.218. The molecule has 0 aromatic heterocycles. The first-order chi connectivity index (χ1) is 4.22. The zero-order valence-corrected chi connectivity index (χ0v) is 6.00. The SMILES string of the molecule is CC(C)C1OCCC1O. The predicted octanol–water partition coefficient (Wildman–Crippen LogP) is 0.792. The van der Waals surface area contributed by atoms with Crippen LogP contribution in [0.15, 0.2) is 0 Å². The summed E-state index contributed by atoms with van der Waals surface area (Å²) in [5.74, 6) is 0.447. The zero-order chi connectivity index (χ0) is 6.85. The van der Waals surface area contributed by atoms with Gasteiger partial charge in [0.25, 0.3) is 0 Å². The van der Waals surface area contributed by atoms with Gasteiger partial charge in [-0.3, -0.25) is 0 Å². The summed E-state index contributed by atoms with van der Waals surface area (Å²) < 4.78 is 5.28. The number of hydrogen-bond donors (Lipinski definition) is 1. The van der Waals surface area contributed by atoms with E-state index in [1.165, 1.54) is 0 Å². The molecule has 1 fully saturated rings. The molecular weight excluding hydrogens is 116 g/mol. The van der Waals surface area contributed by atoms with Crippen LogP contribution in [0.25, 0.3) is 0 Å². The van der Waals surface area contributed by atoms with Crippen LogP contribution in [0.2, 0.25) is 0 Å². The summed E-state index contributed by atoms with van der Waals surface area (Å²) in [5, 5.41) is 9.23. The van der Waals surface area contributed by atoms with Crippen LogP contribution in [0.4, 0.5) is 0 Å². The van der Waals surface area contributed by atoms with Crippen LogP contribution in [0.5, 0.6) is 0 Å². The fraction of sp³-hybridized carbons (Fsp3) is 1.00. The van der Waals surface area contributed by atoms with E-state index in [-0.39, 0.29) is 12.2 Å². The topological polar surface area (TPSA) is 29.5 Å². The maximum atomic E-state index is 9.23. The van der Waals surface area contributed by atoms with Crippen molar-refractivity contribution in [2.24, 2.45) is 5.92 Å². The monoisotopic (exact) mass is 130 g/mol. The van der Waals surface area contributed by atoms with Gasteiger partial charge in [0, 0.05) is 6.61 Å². The molecule has 2 heteroatoms. The van der Waals surface area contributed by atoms with Gasteiger partial charge >= 0.3 is 0 Å². The van der Waals surface area contributed by atoms with Crippen LogP contribution in [-0.4, -0.2) is 23.9 Å². The van der Waals surface area contributed by atoms with Gasteiger partial charge in [-0.05, 0) is 12.3 Å². The van der Waals surface area contributed by atoms with Gasteiger partial charge in [-0.1, -0.05) is 13.8 Å². The fourth-order valence-electron chi connectivity index (χ4n) is 1.24. The molecule has 1 saturated heterocycles. The van der Waals surface area contributed by atoms with Gasteiger partial charge in [-0.2, -0.15) is 0 Å². The quantitative estimate of drug-likeness (QED) is 0.568. The van der Waals surface area contributed by atoms with Crippen molar-refractivity contribution in [2.45, 2.75) is 32.5 Å². The largest absolute Gasteiger partial charge is 0.390 e. The summed E-state index contributed by atoms with van der Waals surface area (Å²) in [6.07, 6.45) is 0.679. The molecule has 0 aromatic carbocycles. The van der Waals surface area contributed by atoms with E-state index in [2.05, 4.69) is 13.8 Å². The van der Waals surface area contributed by atoms with E-state index in [1.807, 2.05) is 0 Å². The molecule has 1 N–H and O–H groups in total. The van der Waals surface area contributed by atoms with Crippen molar-refractivity contribution in [1.82, 2.24) is 0 Å². The first-order valence-electron chi connectivity index (χ1n) is 3.51. The van der Waals surface area contributed by atoms with Gasteiger partial charge in [-0.15, -0.1) is 0 Å². The van der Waals surface area contributed by atoms with Gasteiger partial charge in [0.1, 0.15) is 0 Å². The van der Waals surface area contributed by atoms with Crippen molar-refractivity contribution in [3.63, 3.8) is 0 Å². The highest BCUT2D eigenvalue weighted by molar-refractivity contribution is 4.77. The van der Waals surface area contributed by atoms with E-state index >= 15 is 0 Å². The Labute approximate surface area is 55.8 Å². The lowest BCUT2D eigenvalue weighted by Crippen LogP contribution is -2.26. The molecular formula is C7H14O2. The molecule has 0 aliphatic carbocycles. The molecule has 2 atom stereocenters.